The van der Waals surface area contributed by atoms with Crippen LogP contribution < -0.4 is 11.5 Å². The molecule has 0 rings (SSSR count). The second-order valence-corrected chi connectivity index (χ2v) is 11.4. The van der Waals surface area contributed by atoms with Crippen LogP contribution in [0.25, 0.3) is 0 Å². The molecule has 23 heavy (non-hydrogen) atoms. The normalized spacial score (nSPS) is 16.0. The van der Waals surface area contributed by atoms with Gasteiger partial charge >= 0.3 is 11.9 Å². The van der Waals surface area contributed by atoms with Crippen LogP contribution in [0, 0.1) is 5.41 Å². The van der Waals surface area contributed by atoms with Crippen LogP contribution in [0.5, 0.6) is 0 Å². The Balaban J connectivity index is 4.75. The van der Waals surface area contributed by atoms with Gasteiger partial charge in [0.25, 0.3) is 0 Å². The molecule has 0 aliphatic rings. The first-order valence-corrected chi connectivity index (χ1v) is 9.58. The predicted octanol–water partition coefficient (Wildman–Crippen LogP) is 2.56. The highest BCUT2D eigenvalue weighted by Crippen LogP contribution is 2.49. The Morgan fingerprint density at radius 1 is 0.913 bits per heavy atom. The minimum Gasteiger partial charge on any atom is -0.480 e. The van der Waals surface area contributed by atoms with Gasteiger partial charge in [-0.15, -0.1) is 0 Å². The van der Waals surface area contributed by atoms with Crippen molar-refractivity contribution in [2.45, 2.75) is 76.0 Å². The molecule has 0 amide bonds. The Hall–Kier alpha value is -0.440. The Kier molecular flexibility index (Phi) is 7.94. The van der Waals surface area contributed by atoms with Crippen LogP contribution in [0.3, 0.4) is 0 Å². The van der Waals surface area contributed by atoms with Gasteiger partial charge in [-0.1, -0.05) is 35.4 Å². The van der Waals surface area contributed by atoms with Gasteiger partial charge in [-0.2, -0.15) is 0 Å². The molecule has 6 nitrogen and oxygen atoms in total. The van der Waals surface area contributed by atoms with Crippen LogP contribution in [0.4, 0.5) is 0 Å². The SMILES string of the molecule is CC(C)(CC(N)C(=O)O)SSC(C)(C)CC(C)(C)C(N)C(=O)O. The van der Waals surface area contributed by atoms with E-state index in [9.17, 15) is 9.59 Å². The molecule has 0 saturated heterocycles. The van der Waals surface area contributed by atoms with E-state index in [1.165, 1.54) is 0 Å². The summed E-state index contributed by atoms with van der Waals surface area (Å²) in [4.78, 5) is 22.0. The molecule has 6 N–H and O–H groups in total. The summed E-state index contributed by atoms with van der Waals surface area (Å²) in [5, 5.41) is 18.0. The summed E-state index contributed by atoms with van der Waals surface area (Å²) < 4.78 is -0.523. The number of carboxylic acid groups (broad SMARTS) is 2. The van der Waals surface area contributed by atoms with Crippen molar-refractivity contribution in [2.75, 3.05) is 0 Å². The van der Waals surface area contributed by atoms with Gasteiger partial charge in [-0.05, 0) is 46.0 Å². The van der Waals surface area contributed by atoms with E-state index in [0.29, 0.717) is 12.8 Å². The zero-order valence-electron chi connectivity index (χ0n) is 14.8. The van der Waals surface area contributed by atoms with Gasteiger partial charge in [0.1, 0.15) is 12.1 Å². The van der Waals surface area contributed by atoms with Crippen LogP contribution in [-0.2, 0) is 9.59 Å². The molecule has 0 bridgehead atoms. The number of nitrogens with two attached hydrogens (primary N) is 2. The third-order valence-corrected chi connectivity index (χ3v) is 7.76. The van der Waals surface area contributed by atoms with E-state index < -0.39 is 29.4 Å². The number of carboxylic acids is 2. The molecule has 0 saturated carbocycles. The van der Waals surface area contributed by atoms with Gasteiger partial charge in [0, 0.05) is 9.49 Å². The first kappa shape index (κ1) is 22.6. The van der Waals surface area contributed by atoms with Crippen LogP contribution in [0.2, 0.25) is 0 Å². The standard InChI is InChI=1S/C15H30N2O4S2/c1-13(2,10(17)12(20)21)8-15(5,6)23-22-14(3,4)7-9(16)11(18)19/h9-10H,7-8,16-17H2,1-6H3,(H,18,19)(H,20,21). The summed E-state index contributed by atoms with van der Waals surface area (Å²) in [5.41, 5.74) is 10.8. The van der Waals surface area contributed by atoms with E-state index in [1.54, 1.807) is 21.6 Å². The molecule has 2 unspecified atom stereocenters. The van der Waals surface area contributed by atoms with Crippen LogP contribution in [0.15, 0.2) is 0 Å². The first-order valence-electron chi connectivity index (χ1n) is 7.43. The summed E-state index contributed by atoms with van der Waals surface area (Å²) >= 11 is 0. The van der Waals surface area contributed by atoms with Crippen molar-refractivity contribution in [1.82, 2.24) is 0 Å². The lowest BCUT2D eigenvalue weighted by atomic mass is 9.77. The number of hydrogen-bond acceptors (Lipinski definition) is 6. The number of rotatable bonds is 10. The third-order valence-electron chi connectivity index (χ3n) is 3.51. The van der Waals surface area contributed by atoms with Crippen molar-refractivity contribution in [1.29, 1.82) is 0 Å². The van der Waals surface area contributed by atoms with Gasteiger partial charge in [-0.25, -0.2) is 0 Å². The van der Waals surface area contributed by atoms with Crippen LogP contribution in [0.1, 0.15) is 54.4 Å². The minimum atomic E-state index is -1.00. The molecule has 0 aromatic rings. The molecule has 2 atom stereocenters. The van der Waals surface area contributed by atoms with Crippen LogP contribution in [-0.4, -0.2) is 43.7 Å². The van der Waals surface area contributed by atoms with Crippen molar-refractivity contribution in [3.8, 4) is 0 Å². The lowest BCUT2D eigenvalue weighted by Gasteiger charge is -2.38. The summed E-state index contributed by atoms with van der Waals surface area (Å²) in [6.45, 7) is 11.7. The smallest absolute Gasteiger partial charge is 0.321 e. The maximum atomic E-state index is 11.1. The topological polar surface area (TPSA) is 127 Å². The number of carbonyl (C=O) groups is 2. The van der Waals surface area contributed by atoms with E-state index in [-0.39, 0.29) is 9.49 Å². The zero-order valence-corrected chi connectivity index (χ0v) is 16.4. The lowest BCUT2D eigenvalue weighted by molar-refractivity contribution is -0.141. The second-order valence-electron chi connectivity index (χ2n) is 7.82. The van der Waals surface area contributed by atoms with Gasteiger partial charge in [-0.3, -0.25) is 9.59 Å². The first-order chi connectivity index (χ1) is 10.1. The summed E-state index contributed by atoms with van der Waals surface area (Å²) in [6.07, 6.45) is 0.973. The van der Waals surface area contributed by atoms with E-state index >= 15 is 0 Å². The predicted molar refractivity (Wildman–Crippen MR) is 97.6 cm³/mol. The molecule has 0 radical (unpaired) electrons. The Labute approximate surface area is 146 Å². The fourth-order valence-corrected chi connectivity index (χ4v) is 5.31. The Bertz CT molecular complexity index is 439. The molecule has 0 spiro atoms. The monoisotopic (exact) mass is 366 g/mol. The van der Waals surface area contributed by atoms with Crippen molar-refractivity contribution < 1.29 is 19.8 Å². The van der Waals surface area contributed by atoms with Crippen molar-refractivity contribution in [3.63, 3.8) is 0 Å². The Morgan fingerprint density at radius 2 is 1.35 bits per heavy atom. The number of aliphatic carboxylic acids is 2. The second kappa shape index (κ2) is 8.09. The zero-order chi connectivity index (χ0) is 18.6. The third kappa shape index (κ3) is 8.28. The fraction of sp³-hybridized carbons (Fsp3) is 0.867. The molecule has 0 aliphatic carbocycles. The van der Waals surface area contributed by atoms with Crippen molar-refractivity contribution in [3.05, 3.63) is 0 Å². The maximum Gasteiger partial charge on any atom is 0.321 e. The Morgan fingerprint density at radius 3 is 1.74 bits per heavy atom. The molecule has 0 heterocycles. The largest absolute Gasteiger partial charge is 0.480 e. The highest BCUT2D eigenvalue weighted by molar-refractivity contribution is 8.77. The maximum absolute atomic E-state index is 11.1. The van der Waals surface area contributed by atoms with Crippen molar-refractivity contribution in [2.24, 2.45) is 16.9 Å². The summed E-state index contributed by atoms with van der Waals surface area (Å²) in [5.74, 6) is -2.01. The summed E-state index contributed by atoms with van der Waals surface area (Å²) in [6, 6.07) is -1.82. The van der Waals surface area contributed by atoms with Gasteiger partial charge < -0.3 is 21.7 Å². The summed E-state index contributed by atoms with van der Waals surface area (Å²) in [7, 11) is 3.19. The average Bonchev–Trinajstić information content (AvgIpc) is 2.33. The molecule has 0 aliphatic heterocycles. The van der Waals surface area contributed by atoms with Gasteiger partial charge in [0.15, 0.2) is 0 Å². The molecular weight excluding hydrogens is 336 g/mol. The minimum absolute atomic E-state index is 0.216. The molecule has 136 valence electrons. The van der Waals surface area contributed by atoms with Gasteiger partial charge in [0.2, 0.25) is 0 Å². The highest BCUT2D eigenvalue weighted by atomic mass is 33.1. The molecule has 0 aromatic carbocycles. The van der Waals surface area contributed by atoms with Crippen LogP contribution >= 0.6 is 21.6 Å². The molecule has 8 heteroatoms. The molecule has 0 aromatic heterocycles. The lowest BCUT2D eigenvalue weighted by Crippen LogP contribution is -2.46. The highest BCUT2D eigenvalue weighted by Gasteiger charge is 2.38. The number of hydrogen-bond donors (Lipinski definition) is 4. The van der Waals surface area contributed by atoms with E-state index in [2.05, 4.69) is 0 Å². The van der Waals surface area contributed by atoms with Gasteiger partial charge in [0.05, 0.1) is 0 Å². The average molecular weight is 367 g/mol. The quantitative estimate of drug-likeness (QED) is 0.434. The fourth-order valence-electron chi connectivity index (χ4n) is 2.45. The van der Waals surface area contributed by atoms with E-state index in [1.807, 2.05) is 41.5 Å². The molecular formula is C15H30N2O4S2. The van der Waals surface area contributed by atoms with E-state index in [0.717, 1.165) is 0 Å². The van der Waals surface area contributed by atoms with E-state index in [4.69, 9.17) is 21.7 Å². The van der Waals surface area contributed by atoms with Crippen molar-refractivity contribution >= 4 is 33.5 Å². The molecule has 0 fully saturated rings.